The second-order valence-electron chi connectivity index (χ2n) is 29.4. The highest BCUT2D eigenvalue weighted by Gasteiger charge is 2.38. The SMILES string of the molecule is CCCCCCCCCCCCCCCC(=O)N[C@@H](CO)C(=O)N[C@@H](CC(C)C)C(=O)N[C@@H](CO)C(=O)N[C@@H](CC(C)C)C(=O)N[C@@H](C)C(=O)N[C@@H](C)C(=O)N[C@@H](C)C(=O)N[C@@H](CCC(=O)O)C(=O)N[C@H](C(=O)N[C@@H](CCCCN)C(=O)N[C@H](C(=O)N[C@@H](C)C(=O)N[C@H](C(=O)O)C(C)C)C(C)C)[C@@H](C)CC. The van der Waals surface area contributed by atoms with E-state index >= 15 is 0 Å². The van der Waals surface area contributed by atoms with Crippen molar-refractivity contribution in [3.63, 3.8) is 0 Å². The van der Waals surface area contributed by atoms with Crippen LogP contribution >= 0.6 is 0 Å². The largest absolute Gasteiger partial charge is 0.481 e. The first-order valence-corrected chi connectivity index (χ1v) is 38.1. The summed E-state index contributed by atoms with van der Waals surface area (Å²) in [7, 11) is 0. The van der Waals surface area contributed by atoms with E-state index in [0.717, 1.165) is 25.7 Å². The van der Waals surface area contributed by atoms with Gasteiger partial charge in [0.05, 0.1) is 13.2 Å². The molecule has 19 N–H and O–H groups in total. The van der Waals surface area contributed by atoms with Crippen LogP contribution in [0.5, 0.6) is 0 Å². The molecule has 0 bridgehead atoms. The summed E-state index contributed by atoms with van der Waals surface area (Å²) in [5, 5.41) is 72.1. The predicted octanol–water partition coefficient (Wildman–Crippen LogP) is 1.36. The van der Waals surface area contributed by atoms with Crippen molar-refractivity contribution in [1.82, 2.24) is 69.1 Å². The molecule has 0 heterocycles. The summed E-state index contributed by atoms with van der Waals surface area (Å²) in [4.78, 5) is 201. The molecule has 0 radical (unpaired) electrons. The monoisotopic (exact) mass is 1510 g/mol. The number of aliphatic hydroxyl groups is 2. The quantitative estimate of drug-likeness (QED) is 0.0382. The topological polar surface area (TPSA) is 519 Å². The Hall–Kier alpha value is -8.07. The third-order valence-electron chi connectivity index (χ3n) is 18.0. The number of hydrogen-bond acceptors (Lipinski definition) is 18. The van der Waals surface area contributed by atoms with Gasteiger partial charge in [-0.25, -0.2) is 4.79 Å². The van der Waals surface area contributed by atoms with Crippen molar-refractivity contribution in [2.24, 2.45) is 35.3 Å². The lowest BCUT2D eigenvalue weighted by atomic mass is 9.96. The van der Waals surface area contributed by atoms with Crippen molar-refractivity contribution < 1.29 is 92.3 Å². The van der Waals surface area contributed by atoms with Crippen LogP contribution in [-0.4, -0.2) is 207 Å². The molecule has 33 nitrogen and oxygen atoms in total. The Bertz CT molecular complexity index is 2790. The van der Waals surface area contributed by atoms with E-state index in [1.165, 1.54) is 79.1 Å². The third-order valence-corrected chi connectivity index (χ3v) is 18.0. The summed E-state index contributed by atoms with van der Waals surface area (Å²) in [5.41, 5.74) is 5.74. The number of aliphatic carboxylic acids is 2. The number of unbranched alkanes of at least 4 members (excludes halogenated alkanes) is 13. The number of rotatable bonds is 57. The van der Waals surface area contributed by atoms with Gasteiger partial charge in [0.15, 0.2) is 0 Å². The number of amides is 13. The van der Waals surface area contributed by atoms with Gasteiger partial charge >= 0.3 is 11.9 Å². The van der Waals surface area contributed by atoms with Gasteiger partial charge in [0.2, 0.25) is 76.8 Å². The Morgan fingerprint density at radius 3 is 1.04 bits per heavy atom. The Labute approximate surface area is 626 Å². The van der Waals surface area contributed by atoms with E-state index < -0.39 is 211 Å². The van der Waals surface area contributed by atoms with Gasteiger partial charge in [-0.2, -0.15) is 0 Å². The van der Waals surface area contributed by atoms with Crippen molar-refractivity contribution in [2.75, 3.05) is 19.8 Å². The maximum Gasteiger partial charge on any atom is 0.326 e. The minimum atomic E-state index is -1.66. The number of aliphatic hydroxyl groups excluding tert-OH is 2. The molecule has 0 fully saturated rings. The molecule has 14 atom stereocenters. The summed E-state index contributed by atoms with van der Waals surface area (Å²) in [6.45, 7) is 22.6. The summed E-state index contributed by atoms with van der Waals surface area (Å²) >= 11 is 0. The van der Waals surface area contributed by atoms with Gasteiger partial charge in [-0.05, 0) is 109 Å². The molecule has 0 aromatic rings. The van der Waals surface area contributed by atoms with Crippen molar-refractivity contribution in [1.29, 1.82) is 0 Å². The highest BCUT2D eigenvalue weighted by Crippen LogP contribution is 2.17. The van der Waals surface area contributed by atoms with Crippen LogP contribution in [0.15, 0.2) is 0 Å². The average Bonchev–Trinajstić information content (AvgIpc) is 0.857. The Kier molecular flexibility index (Phi) is 49.6. The van der Waals surface area contributed by atoms with Gasteiger partial charge in [-0.1, -0.05) is 160 Å². The molecule has 0 saturated carbocycles. The Balaban J connectivity index is 6.06. The van der Waals surface area contributed by atoms with Crippen LogP contribution in [0.25, 0.3) is 0 Å². The fourth-order valence-electron chi connectivity index (χ4n) is 11.1. The number of carboxylic acid groups (broad SMARTS) is 2. The molecule has 0 aliphatic rings. The average molecular weight is 1510 g/mol. The van der Waals surface area contributed by atoms with Crippen LogP contribution in [-0.2, 0) is 71.9 Å². The summed E-state index contributed by atoms with van der Waals surface area (Å²) < 4.78 is 0. The van der Waals surface area contributed by atoms with E-state index in [9.17, 15) is 92.3 Å². The third kappa shape index (κ3) is 40.0. The van der Waals surface area contributed by atoms with Crippen LogP contribution in [0.1, 0.15) is 245 Å². The Morgan fingerprint density at radius 2 is 0.632 bits per heavy atom. The first-order chi connectivity index (χ1) is 49.8. The molecule has 0 aromatic heterocycles. The van der Waals surface area contributed by atoms with Crippen LogP contribution in [0, 0.1) is 29.6 Å². The fourth-order valence-corrected chi connectivity index (χ4v) is 11.1. The lowest BCUT2D eigenvalue weighted by Gasteiger charge is -2.30. The zero-order valence-corrected chi connectivity index (χ0v) is 65.6. The van der Waals surface area contributed by atoms with Crippen molar-refractivity contribution in [2.45, 2.75) is 324 Å². The van der Waals surface area contributed by atoms with Crippen LogP contribution < -0.4 is 74.9 Å². The maximum absolute atomic E-state index is 14.3. The van der Waals surface area contributed by atoms with Gasteiger partial charge in [0, 0.05) is 12.8 Å². The lowest BCUT2D eigenvalue weighted by Crippen LogP contribution is -2.61. The molecule has 0 unspecified atom stereocenters. The molecule has 13 amide bonds. The number of nitrogens with two attached hydrogens (primary N) is 1. The molecule has 33 heteroatoms. The highest BCUT2D eigenvalue weighted by atomic mass is 16.4. The van der Waals surface area contributed by atoms with Crippen molar-refractivity contribution in [3.8, 4) is 0 Å². The molecule has 0 saturated heterocycles. The van der Waals surface area contributed by atoms with Gasteiger partial charge in [0.1, 0.15) is 78.5 Å². The molecular formula is C73H132N14O19. The van der Waals surface area contributed by atoms with Gasteiger partial charge in [-0.15, -0.1) is 0 Å². The summed E-state index contributed by atoms with van der Waals surface area (Å²) in [6.07, 6.45) is 14.7. The van der Waals surface area contributed by atoms with Crippen LogP contribution in [0.2, 0.25) is 0 Å². The van der Waals surface area contributed by atoms with Crippen molar-refractivity contribution in [3.05, 3.63) is 0 Å². The second kappa shape index (κ2) is 53.7. The molecule has 0 rings (SSSR count). The molecule has 106 heavy (non-hydrogen) atoms. The minimum Gasteiger partial charge on any atom is -0.481 e. The molecular weight excluding hydrogens is 1380 g/mol. The lowest BCUT2D eigenvalue weighted by molar-refractivity contribution is -0.143. The van der Waals surface area contributed by atoms with Gasteiger partial charge in [-0.3, -0.25) is 67.1 Å². The number of carboxylic acids is 2. The first kappa shape index (κ1) is 97.9. The van der Waals surface area contributed by atoms with E-state index in [1.54, 1.807) is 69.2 Å². The highest BCUT2D eigenvalue weighted by molar-refractivity contribution is 6.00. The van der Waals surface area contributed by atoms with E-state index in [0.29, 0.717) is 19.3 Å². The normalized spacial score (nSPS) is 15.3. The van der Waals surface area contributed by atoms with Gasteiger partial charge < -0.3 is 95.3 Å². The predicted molar refractivity (Wildman–Crippen MR) is 398 cm³/mol. The summed E-state index contributed by atoms with van der Waals surface area (Å²) in [5.74, 6) is -15.9. The number of hydrogen-bond donors (Lipinski definition) is 18. The first-order valence-electron chi connectivity index (χ1n) is 38.1. The minimum absolute atomic E-state index is 0.00461. The number of carbonyl (C=O) groups excluding carboxylic acids is 13. The molecule has 0 aliphatic carbocycles. The van der Waals surface area contributed by atoms with Crippen LogP contribution in [0.3, 0.4) is 0 Å². The van der Waals surface area contributed by atoms with E-state index in [1.807, 2.05) is 0 Å². The molecule has 608 valence electrons. The van der Waals surface area contributed by atoms with E-state index in [2.05, 4.69) is 76.0 Å². The van der Waals surface area contributed by atoms with E-state index in [-0.39, 0.29) is 50.5 Å². The van der Waals surface area contributed by atoms with Gasteiger partial charge in [0.25, 0.3) is 0 Å². The molecule has 0 spiro atoms. The zero-order chi connectivity index (χ0) is 80.9. The molecule has 0 aromatic carbocycles. The van der Waals surface area contributed by atoms with Crippen molar-refractivity contribution >= 4 is 88.7 Å². The second-order valence-corrected chi connectivity index (χ2v) is 29.4. The van der Waals surface area contributed by atoms with Crippen LogP contribution in [0.4, 0.5) is 0 Å². The Morgan fingerprint density at radius 1 is 0.311 bits per heavy atom. The zero-order valence-electron chi connectivity index (χ0n) is 65.6. The standard InChI is InChI=1S/C73H132N14O19/c1-16-18-19-20-21-22-23-24-25-26-27-28-29-33-56(90)79-54(39-88)69(101)83-53(38-42(5)6)68(100)84-55(40-89)70(102)82-52(37-41(3)4)67(99)77-47(13)62(94)75-46(12)61(93)76-48(14)63(95)80-51(34-35-57(91)92)66(98)87-60(45(11)17-2)72(104)81-50(32-30-31-36-74)65(97)85-58(43(7)8)71(103)78-49(15)64(96)86-59(44(9)10)73(105)106/h41-55,58-60,88-89H,16-40,74H2,1-15H3,(H,75,94)(H,76,93)(H,77,99)(H,78,103)(H,79,90)(H,80,95)(H,81,104)(H,82,102)(H,83,101)(H,84,100)(H,85,97)(H,86,96)(H,87,98)(H,91,92)(H,105,106)/t45-,46-,47-,48-,49-,50-,51-,52-,53-,54-,55-,58-,59-,60-/m0/s1. The summed E-state index contributed by atoms with van der Waals surface area (Å²) in [6, 6.07) is -18.0. The fraction of sp³-hybridized carbons (Fsp3) is 0.795. The number of nitrogens with one attached hydrogen (secondary N) is 13. The number of carbonyl (C=O) groups is 15. The molecule has 0 aliphatic heterocycles. The van der Waals surface area contributed by atoms with E-state index in [4.69, 9.17) is 5.73 Å². The smallest absolute Gasteiger partial charge is 0.326 e. The maximum atomic E-state index is 14.3.